The van der Waals surface area contributed by atoms with Crippen molar-refractivity contribution in [2.75, 3.05) is 38.1 Å². The molecule has 0 aliphatic carbocycles. The van der Waals surface area contributed by atoms with Crippen LogP contribution in [0.1, 0.15) is 12.0 Å². The Balaban J connectivity index is 1.57. The van der Waals surface area contributed by atoms with Crippen molar-refractivity contribution in [3.63, 3.8) is 0 Å². The van der Waals surface area contributed by atoms with E-state index in [1.54, 1.807) is 57.7 Å². The van der Waals surface area contributed by atoms with Gasteiger partial charge in [-0.05, 0) is 72.7 Å². The van der Waals surface area contributed by atoms with Crippen LogP contribution in [0.5, 0.6) is 17.2 Å². The Labute approximate surface area is 221 Å². The zero-order valence-corrected chi connectivity index (χ0v) is 21.8. The summed E-state index contributed by atoms with van der Waals surface area (Å²) in [6.45, 7) is 0.440. The van der Waals surface area contributed by atoms with E-state index in [1.807, 2.05) is 41.3 Å². The Morgan fingerprint density at radius 2 is 1.62 bits per heavy atom. The van der Waals surface area contributed by atoms with E-state index >= 15 is 0 Å². The van der Waals surface area contributed by atoms with Gasteiger partial charge < -0.3 is 24.4 Å². The predicted octanol–water partition coefficient (Wildman–Crippen LogP) is 4.29. The third-order valence-electron chi connectivity index (χ3n) is 6.17. The third kappa shape index (κ3) is 5.83. The lowest BCUT2D eigenvalue weighted by Crippen LogP contribution is -2.39. The summed E-state index contributed by atoms with van der Waals surface area (Å²) < 4.78 is 16.0. The Hall–Kier alpha value is -4.11. The van der Waals surface area contributed by atoms with Crippen LogP contribution in [0.4, 0.5) is 11.4 Å². The van der Waals surface area contributed by atoms with Crippen molar-refractivity contribution in [3.8, 4) is 17.2 Å². The third-order valence-corrected chi connectivity index (χ3v) is 6.59. The molecule has 0 radical (unpaired) electrons. The molecule has 1 N–H and O–H groups in total. The first kappa shape index (κ1) is 26.0. The summed E-state index contributed by atoms with van der Waals surface area (Å²) in [5.41, 5.74) is 2.28. The summed E-state index contributed by atoms with van der Waals surface area (Å²) in [6.07, 6.45) is 0.549. The number of ether oxygens (including phenoxy) is 3. The second-order valence-electron chi connectivity index (χ2n) is 8.42. The molecule has 3 aromatic carbocycles. The van der Waals surface area contributed by atoms with Gasteiger partial charge >= 0.3 is 0 Å². The lowest BCUT2D eigenvalue weighted by molar-refractivity contribution is -0.124. The fraction of sp³-hybridized carbons (Fsp3) is 0.250. The average Bonchev–Trinajstić information content (AvgIpc) is 3.15. The molecule has 1 atom stereocenters. The number of amides is 2. The molecule has 8 nitrogen and oxygen atoms in total. The quantitative estimate of drug-likeness (QED) is 0.401. The van der Waals surface area contributed by atoms with Crippen LogP contribution in [-0.2, 0) is 16.0 Å². The number of benzene rings is 3. The molecule has 0 spiro atoms. The molecule has 4 rings (SSSR count). The number of carbonyl (C=O) groups is 2. The van der Waals surface area contributed by atoms with Gasteiger partial charge in [0.25, 0.3) is 5.91 Å². The summed E-state index contributed by atoms with van der Waals surface area (Å²) in [5.74, 6) is 1.43. The van der Waals surface area contributed by atoms with E-state index in [1.165, 1.54) is 4.90 Å². The lowest BCUT2D eigenvalue weighted by atomic mass is 10.1. The number of thiocarbonyl (C=S) groups is 1. The Kier molecular flexibility index (Phi) is 8.25. The molecule has 1 aliphatic heterocycles. The first-order valence-corrected chi connectivity index (χ1v) is 12.2. The van der Waals surface area contributed by atoms with Gasteiger partial charge in [-0.3, -0.25) is 14.5 Å². The summed E-state index contributed by atoms with van der Waals surface area (Å²) in [6, 6.07) is 21.2. The van der Waals surface area contributed by atoms with Gasteiger partial charge in [0.2, 0.25) is 5.91 Å². The lowest BCUT2D eigenvalue weighted by Gasteiger charge is -2.24. The van der Waals surface area contributed by atoms with E-state index in [-0.39, 0.29) is 18.2 Å². The molecule has 1 saturated heterocycles. The van der Waals surface area contributed by atoms with Crippen LogP contribution in [-0.4, -0.2) is 55.7 Å². The maximum atomic E-state index is 13.6. The molecule has 1 unspecified atom stereocenters. The van der Waals surface area contributed by atoms with E-state index in [0.29, 0.717) is 46.7 Å². The predicted molar refractivity (Wildman–Crippen MR) is 147 cm³/mol. The van der Waals surface area contributed by atoms with Gasteiger partial charge in [0.15, 0.2) is 16.6 Å². The van der Waals surface area contributed by atoms with Crippen LogP contribution in [0.2, 0.25) is 0 Å². The molecule has 2 amide bonds. The van der Waals surface area contributed by atoms with Crippen LogP contribution in [0, 0.1) is 0 Å². The van der Waals surface area contributed by atoms with Gasteiger partial charge in [-0.25, -0.2) is 0 Å². The first-order chi connectivity index (χ1) is 17.9. The maximum Gasteiger partial charge on any atom is 0.256 e. The summed E-state index contributed by atoms with van der Waals surface area (Å²) in [5, 5.41) is 3.22. The molecule has 0 bridgehead atoms. The number of rotatable bonds is 10. The highest BCUT2D eigenvalue weighted by Gasteiger charge is 2.43. The number of methoxy groups -OCH3 is 3. The van der Waals surface area contributed by atoms with Gasteiger partial charge in [0, 0.05) is 12.2 Å². The molecular weight excluding hydrogens is 490 g/mol. The second kappa shape index (κ2) is 11.7. The van der Waals surface area contributed by atoms with Crippen LogP contribution >= 0.6 is 12.2 Å². The van der Waals surface area contributed by atoms with Gasteiger partial charge in [-0.2, -0.15) is 0 Å². The van der Waals surface area contributed by atoms with E-state index in [9.17, 15) is 9.59 Å². The van der Waals surface area contributed by atoms with Gasteiger partial charge in [0.05, 0.1) is 33.4 Å². The maximum absolute atomic E-state index is 13.6. The first-order valence-electron chi connectivity index (χ1n) is 11.8. The number of anilines is 2. The molecule has 37 heavy (non-hydrogen) atoms. The highest BCUT2D eigenvalue weighted by Crippen LogP contribution is 2.31. The molecule has 1 fully saturated rings. The van der Waals surface area contributed by atoms with E-state index in [0.717, 1.165) is 5.56 Å². The Morgan fingerprint density at radius 1 is 0.919 bits per heavy atom. The summed E-state index contributed by atoms with van der Waals surface area (Å²) in [7, 11) is 4.76. The minimum atomic E-state index is -0.738. The Bertz CT molecular complexity index is 1270. The number of nitrogens with one attached hydrogen (secondary N) is 1. The average molecular weight is 520 g/mol. The minimum Gasteiger partial charge on any atom is -0.497 e. The number of hydrogen-bond donors (Lipinski definition) is 1. The monoisotopic (exact) mass is 519 g/mol. The van der Waals surface area contributed by atoms with Crippen molar-refractivity contribution in [2.24, 2.45) is 0 Å². The van der Waals surface area contributed by atoms with E-state index < -0.39 is 6.04 Å². The van der Waals surface area contributed by atoms with Gasteiger partial charge in [-0.1, -0.05) is 24.3 Å². The van der Waals surface area contributed by atoms with Crippen molar-refractivity contribution in [1.29, 1.82) is 0 Å². The fourth-order valence-corrected chi connectivity index (χ4v) is 4.67. The number of para-hydroxylation sites is 1. The molecular formula is C28H29N3O5S. The van der Waals surface area contributed by atoms with Crippen molar-refractivity contribution in [2.45, 2.75) is 18.9 Å². The smallest absolute Gasteiger partial charge is 0.256 e. The summed E-state index contributed by atoms with van der Waals surface area (Å²) in [4.78, 5) is 29.8. The van der Waals surface area contributed by atoms with Gasteiger partial charge in [-0.15, -0.1) is 0 Å². The molecule has 0 saturated carbocycles. The minimum absolute atomic E-state index is 0.0353. The highest BCUT2D eigenvalue weighted by molar-refractivity contribution is 7.80. The molecule has 0 aromatic heterocycles. The normalized spacial score (nSPS) is 15.1. The van der Waals surface area contributed by atoms with Crippen molar-refractivity contribution in [1.82, 2.24) is 4.90 Å². The highest BCUT2D eigenvalue weighted by atomic mass is 32.1. The molecule has 3 aromatic rings. The number of carbonyl (C=O) groups excluding carboxylic acids is 2. The fourth-order valence-electron chi connectivity index (χ4n) is 4.25. The van der Waals surface area contributed by atoms with Crippen LogP contribution in [0.15, 0.2) is 72.8 Å². The molecule has 1 aliphatic rings. The van der Waals surface area contributed by atoms with Crippen LogP contribution < -0.4 is 24.4 Å². The van der Waals surface area contributed by atoms with E-state index in [4.69, 9.17) is 26.4 Å². The van der Waals surface area contributed by atoms with Crippen LogP contribution in [0.3, 0.4) is 0 Å². The second-order valence-corrected chi connectivity index (χ2v) is 8.79. The zero-order chi connectivity index (χ0) is 26.4. The zero-order valence-electron chi connectivity index (χ0n) is 21.0. The summed E-state index contributed by atoms with van der Waals surface area (Å²) >= 11 is 5.77. The van der Waals surface area contributed by atoms with Gasteiger partial charge in [0.1, 0.15) is 11.8 Å². The molecule has 192 valence electrons. The van der Waals surface area contributed by atoms with Crippen molar-refractivity contribution >= 4 is 40.5 Å². The number of hydrogen-bond acceptors (Lipinski definition) is 6. The Morgan fingerprint density at radius 3 is 2.27 bits per heavy atom. The topological polar surface area (TPSA) is 80.3 Å². The molecule has 9 heteroatoms. The SMILES string of the molecule is COc1ccc(N2C(=O)C(CC(=O)Nc3ccccc3)N(CCc3ccc(OC)c(OC)c3)C2=S)cc1. The number of nitrogens with zero attached hydrogens (tertiary/aromatic N) is 2. The van der Waals surface area contributed by atoms with Crippen molar-refractivity contribution < 1.29 is 23.8 Å². The molecule has 1 heterocycles. The van der Waals surface area contributed by atoms with Crippen LogP contribution in [0.25, 0.3) is 0 Å². The largest absolute Gasteiger partial charge is 0.497 e. The van der Waals surface area contributed by atoms with E-state index in [2.05, 4.69) is 5.32 Å². The standard InChI is InChI=1S/C28H29N3O5S/c1-34-22-12-10-21(11-13-22)31-27(33)23(18-26(32)29-20-7-5-4-6-8-20)30(28(31)37)16-15-19-9-14-24(35-2)25(17-19)36-3/h4-14,17,23H,15-16,18H2,1-3H3,(H,29,32). The van der Waals surface area contributed by atoms with Crippen molar-refractivity contribution in [3.05, 3.63) is 78.4 Å².